The van der Waals surface area contributed by atoms with Gasteiger partial charge in [-0.3, -0.25) is 0 Å². The number of nitrogens with two attached hydrogens (primary N) is 1. The summed E-state index contributed by atoms with van der Waals surface area (Å²) in [6.45, 7) is 1.15. The first-order chi connectivity index (χ1) is 12.2. The summed E-state index contributed by atoms with van der Waals surface area (Å²) in [5.74, 6) is 0. The zero-order valence-electron chi connectivity index (χ0n) is 13.4. The molecule has 2 aromatic heterocycles. The maximum absolute atomic E-state index is 12.9. The SMILES string of the molecule is NCCNc1cc2c(=O)n(-c3ccc(Cl)cc3)[nH][n+]2c2ccccc12. The van der Waals surface area contributed by atoms with Gasteiger partial charge in [-0.1, -0.05) is 33.6 Å². The lowest BCUT2D eigenvalue weighted by atomic mass is 10.1. The van der Waals surface area contributed by atoms with Gasteiger partial charge in [0.1, 0.15) is 0 Å². The molecule has 126 valence electrons. The second-order valence-corrected chi connectivity index (χ2v) is 6.16. The number of anilines is 1. The number of nitrogens with one attached hydrogen (secondary N) is 2. The lowest BCUT2D eigenvalue weighted by molar-refractivity contribution is -0.555. The molecule has 25 heavy (non-hydrogen) atoms. The van der Waals surface area contributed by atoms with Crippen LogP contribution in [0.1, 0.15) is 0 Å². The number of para-hydroxylation sites is 1. The van der Waals surface area contributed by atoms with Gasteiger partial charge in [-0.2, -0.15) is 0 Å². The Morgan fingerprint density at radius 2 is 1.88 bits per heavy atom. The third-order valence-corrected chi connectivity index (χ3v) is 4.38. The van der Waals surface area contributed by atoms with E-state index in [4.69, 9.17) is 17.3 Å². The number of aromatic amines is 1. The van der Waals surface area contributed by atoms with Crippen LogP contribution < -0.4 is 21.1 Å². The molecule has 0 fully saturated rings. The Morgan fingerprint density at radius 1 is 1.12 bits per heavy atom. The van der Waals surface area contributed by atoms with E-state index in [1.165, 1.54) is 4.68 Å². The predicted octanol–water partition coefficient (Wildman–Crippen LogP) is 2.08. The summed E-state index contributed by atoms with van der Waals surface area (Å²) in [4.78, 5) is 12.9. The summed E-state index contributed by atoms with van der Waals surface area (Å²) >= 11 is 5.94. The molecular formula is C18H17ClN5O+. The van der Waals surface area contributed by atoms with E-state index in [0.29, 0.717) is 23.6 Å². The van der Waals surface area contributed by atoms with Crippen LogP contribution >= 0.6 is 11.6 Å². The Bertz CT molecular complexity index is 1110. The fraction of sp³-hybridized carbons (Fsp3) is 0.111. The second-order valence-electron chi connectivity index (χ2n) is 5.73. The number of hydrogen-bond donors (Lipinski definition) is 3. The summed E-state index contributed by atoms with van der Waals surface area (Å²) in [6.07, 6.45) is 0. The van der Waals surface area contributed by atoms with Crippen molar-refractivity contribution in [2.75, 3.05) is 18.4 Å². The van der Waals surface area contributed by atoms with Crippen LogP contribution in [0, 0.1) is 0 Å². The fourth-order valence-corrected chi connectivity index (χ4v) is 3.07. The van der Waals surface area contributed by atoms with Crippen molar-refractivity contribution < 1.29 is 4.52 Å². The van der Waals surface area contributed by atoms with Gasteiger partial charge in [0.05, 0.1) is 5.69 Å². The van der Waals surface area contributed by atoms with Crippen molar-refractivity contribution >= 4 is 33.7 Å². The fourth-order valence-electron chi connectivity index (χ4n) is 2.95. The minimum absolute atomic E-state index is 0.135. The van der Waals surface area contributed by atoms with E-state index in [2.05, 4.69) is 10.5 Å². The number of benzene rings is 2. The van der Waals surface area contributed by atoms with Crippen molar-refractivity contribution in [3.05, 3.63) is 70.0 Å². The number of aromatic nitrogens is 3. The molecule has 6 nitrogen and oxygen atoms in total. The third-order valence-electron chi connectivity index (χ3n) is 4.12. The van der Waals surface area contributed by atoms with Gasteiger partial charge in [0.15, 0.2) is 11.2 Å². The Labute approximate surface area is 148 Å². The minimum atomic E-state index is -0.135. The largest absolute Gasteiger partial charge is 0.406 e. The summed E-state index contributed by atoms with van der Waals surface area (Å²) in [5, 5.41) is 8.08. The molecular weight excluding hydrogens is 338 g/mol. The van der Waals surface area contributed by atoms with Crippen LogP contribution in [0.25, 0.3) is 22.1 Å². The first-order valence-corrected chi connectivity index (χ1v) is 8.35. The molecule has 0 unspecified atom stereocenters. The topological polar surface area (TPSA) is 79.9 Å². The van der Waals surface area contributed by atoms with Crippen LogP contribution in [-0.2, 0) is 0 Å². The molecule has 0 saturated heterocycles. The summed E-state index contributed by atoms with van der Waals surface area (Å²) in [7, 11) is 0. The van der Waals surface area contributed by atoms with Gasteiger partial charge in [-0.25, -0.2) is 4.79 Å². The molecule has 0 aliphatic carbocycles. The van der Waals surface area contributed by atoms with Gasteiger partial charge < -0.3 is 11.1 Å². The second kappa shape index (κ2) is 6.23. The van der Waals surface area contributed by atoms with E-state index in [1.807, 2.05) is 30.3 Å². The molecule has 0 radical (unpaired) electrons. The van der Waals surface area contributed by atoms with Gasteiger partial charge in [-0.05, 0) is 36.4 Å². The monoisotopic (exact) mass is 354 g/mol. The van der Waals surface area contributed by atoms with E-state index in [9.17, 15) is 4.79 Å². The molecule has 0 spiro atoms. The van der Waals surface area contributed by atoms with Crippen LogP contribution in [0.3, 0.4) is 0 Å². The van der Waals surface area contributed by atoms with Crippen molar-refractivity contribution in [1.29, 1.82) is 0 Å². The Balaban J connectivity index is 2.00. The molecule has 7 heteroatoms. The Morgan fingerprint density at radius 3 is 2.64 bits per heavy atom. The summed E-state index contributed by atoms with van der Waals surface area (Å²) < 4.78 is 3.30. The maximum atomic E-state index is 12.9. The van der Waals surface area contributed by atoms with Gasteiger partial charge in [-0.15, -0.1) is 4.52 Å². The smallest absolute Gasteiger partial charge is 0.383 e. The lowest BCUT2D eigenvalue weighted by Crippen LogP contribution is -2.26. The van der Waals surface area contributed by atoms with Crippen LogP contribution in [0.4, 0.5) is 5.69 Å². The normalized spacial score (nSPS) is 11.3. The molecule has 2 aromatic carbocycles. The van der Waals surface area contributed by atoms with E-state index < -0.39 is 0 Å². The van der Waals surface area contributed by atoms with Crippen molar-refractivity contribution in [2.24, 2.45) is 5.73 Å². The first-order valence-electron chi connectivity index (χ1n) is 7.97. The van der Waals surface area contributed by atoms with E-state index in [1.54, 1.807) is 28.8 Å². The lowest BCUT2D eigenvalue weighted by Gasteiger charge is -2.07. The van der Waals surface area contributed by atoms with Gasteiger partial charge >= 0.3 is 5.56 Å². The minimum Gasteiger partial charge on any atom is -0.383 e. The summed E-state index contributed by atoms with van der Waals surface area (Å²) in [5.41, 5.74) is 8.54. The number of nitrogens with zero attached hydrogens (tertiary/aromatic N) is 2. The van der Waals surface area contributed by atoms with Crippen LogP contribution in [0.15, 0.2) is 59.4 Å². The Hall–Kier alpha value is -2.83. The highest BCUT2D eigenvalue weighted by Crippen LogP contribution is 2.21. The van der Waals surface area contributed by atoms with Crippen LogP contribution in [0.5, 0.6) is 0 Å². The van der Waals surface area contributed by atoms with E-state index in [-0.39, 0.29) is 5.56 Å². The standard InChI is InChI=1S/C18H16ClN5O/c19-12-5-7-13(8-6-12)23-18(25)17-11-15(21-10-9-20)14-3-1-2-4-16(14)24(17)22-23/h1-8,11,22H,9-10,20H2/p+1. The average molecular weight is 355 g/mol. The molecule has 2 heterocycles. The van der Waals surface area contributed by atoms with Gasteiger partial charge in [0.2, 0.25) is 5.52 Å². The third kappa shape index (κ3) is 2.65. The van der Waals surface area contributed by atoms with Gasteiger partial charge in [0, 0.05) is 29.6 Å². The van der Waals surface area contributed by atoms with E-state index >= 15 is 0 Å². The quantitative estimate of drug-likeness (QED) is 0.491. The first kappa shape index (κ1) is 15.7. The molecule has 4 aromatic rings. The number of rotatable bonds is 4. The molecule has 0 atom stereocenters. The highest BCUT2D eigenvalue weighted by atomic mass is 35.5. The number of H-pyrrole nitrogens is 1. The van der Waals surface area contributed by atoms with Crippen molar-refractivity contribution in [2.45, 2.75) is 0 Å². The van der Waals surface area contributed by atoms with Gasteiger partial charge in [0.25, 0.3) is 0 Å². The molecule has 0 aliphatic rings. The molecule has 0 bridgehead atoms. The molecule has 0 aliphatic heterocycles. The molecule has 0 saturated carbocycles. The number of hydrogen-bond acceptors (Lipinski definition) is 3. The van der Waals surface area contributed by atoms with Crippen LogP contribution in [-0.4, -0.2) is 23.0 Å². The highest BCUT2D eigenvalue weighted by molar-refractivity contribution is 6.30. The number of halogens is 1. The molecule has 0 amide bonds. The van der Waals surface area contributed by atoms with E-state index in [0.717, 1.165) is 22.3 Å². The maximum Gasteiger partial charge on any atom is 0.406 e. The van der Waals surface area contributed by atoms with Crippen molar-refractivity contribution in [3.8, 4) is 5.69 Å². The Kier molecular flexibility index (Phi) is 3.91. The molecule has 4 rings (SSSR count). The zero-order valence-corrected chi connectivity index (χ0v) is 14.1. The van der Waals surface area contributed by atoms with Crippen LogP contribution in [0.2, 0.25) is 5.02 Å². The van der Waals surface area contributed by atoms with Crippen molar-refractivity contribution in [3.63, 3.8) is 0 Å². The summed E-state index contributed by atoms with van der Waals surface area (Å²) in [6, 6.07) is 16.9. The number of fused-ring (bicyclic) bond motifs is 3. The zero-order chi connectivity index (χ0) is 17.4. The molecule has 4 N–H and O–H groups in total. The predicted molar refractivity (Wildman–Crippen MR) is 99.6 cm³/mol. The van der Waals surface area contributed by atoms with Crippen molar-refractivity contribution in [1.82, 2.24) is 9.90 Å². The highest BCUT2D eigenvalue weighted by Gasteiger charge is 2.20. The average Bonchev–Trinajstić information content (AvgIpc) is 2.97. The number of pyridine rings is 1.